The number of hydrogen-bond acceptors (Lipinski definition) is 2. The molecule has 0 unspecified atom stereocenters. The van der Waals surface area contributed by atoms with Crippen molar-refractivity contribution in [2.75, 3.05) is 5.73 Å². The number of halogens is 1. The molecule has 2 rings (SSSR count). The number of hydrogen-bond donors (Lipinski definition) is 2. The molecule has 104 valence electrons. The SMILES string of the molecule is Cc1cc(C(=O)N[C@@H](C)c2ccc(F)cc2)ccc1N. The topological polar surface area (TPSA) is 55.1 Å². The van der Waals surface area contributed by atoms with Gasteiger partial charge in [0, 0.05) is 11.3 Å². The zero-order valence-electron chi connectivity index (χ0n) is 11.5. The van der Waals surface area contributed by atoms with Gasteiger partial charge in [-0.15, -0.1) is 0 Å². The van der Waals surface area contributed by atoms with Gasteiger partial charge in [0.15, 0.2) is 0 Å². The fourth-order valence-corrected chi connectivity index (χ4v) is 1.93. The zero-order valence-corrected chi connectivity index (χ0v) is 11.5. The normalized spacial score (nSPS) is 11.9. The lowest BCUT2D eigenvalue weighted by molar-refractivity contribution is 0.0940. The third-order valence-corrected chi connectivity index (χ3v) is 3.25. The van der Waals surface area contributed by atoms with E-state index in [0.29, 0.717) is 11.3 Å². The maximum Gasteiger partial charge on any atom is 0.251 e. The molecule has 0 saturated carbocycles. The van der Waals surface area contributed by atoms with Crippen molar-refractivity contribution in [3.05, 3.63) is 65.0 Å². The molecule has 0 heterocycles. The summed E-state index contributed by atoms with van der Waals surface area (Å²) in [5, 5.41) is 2.88. The molecule has 0 bridgehead atoms. The molecule has 20 heavy (non-hydrogen) atoms. The van der Waals surface area contributed by atoms with Crippen molar-refractivity contribution in [1.82, 2.24) is 5.32 Å². The second-order valence-electron chi connectivity index (χ2n) is 4.82. The lowest BCUT2D eigenvalue weighted by Crippen LogP contribution is -2.26. The predicted octanol–water partition coefficient (Wildman–Crippen LogP) is 3.21. The minimum atomic E-state index is -0.290. The van der Waals surface area contributed by atoms with Gasteiger partial charge < -0.3 is 11.1 Å². The number of nitrogen functional groups attached to an aromatic ring is 1. The van der Waals surface area contributed by atoms with E-state index in [1.165, 1.54) is 12.1 Å². The molecule has 0 aliphatic heterocycles. The first-order valence-corrected chi connectivity index (χ1v) is 6.40. The molecule has 0 spiro atoms. The maximum atomic E-state index is 12.9. The van der Waals surface area contributed by atoms with Crippen LogP contribution >= 0.6 is 0 Å². The predicted molar refractivity (Wildman–Crippen MR) is 77.9 cm³/mol. The number of nitrogens with two attached hydrogens (primary N) is 1. The van der Waals surface area contributed by atoms with Crippen molar-refractivity contribution in [3.63, 3.8) is 0 Å². The highest BCUT2D eigenvalue weighted by molar-refractivity contribution is 5.95. The van der Waals surface area contributed by atoms with Gasteiger partial charge in [-0.2, -0.15) is 0 Å². The van der Waals surface area contributed by atoms with E-state index >= 15 is 0 Å². The molecule has 1 atom stereocenters. The summed E-state index contributed by atoms with van der Waals surface area (Å²) >= 11 is 0. The Hall–Kier alpha value is -2.36. The Morgan fingerprint density at radius 2 is 1.85 bits per heavy atom. The number of benzene rings is 2. The van der Waals surface area contributed by atoms with E-state index in [1.807, 2.05) is 13.8 Å². The molecule has 0 fully saturated rings. The van der Waals surface area contributed by atoms with Crippen LogP contribution in [0.15, 0.2) is 42.5 Å². The van der Waals surface area contributed by atoms with Gasteiger partial charge in [0.1, 0.15) is 5.82 Å². The van der Waals surface area contributed by atoms with Crippen molar-refractivity contribution in [3.8, 4) is 0 Å². The number of carbonyl (C=O) groups is 1. The van der Waals surface area contributed by atoms with E-state index in [-0.39, 0.29) is 17.8 Å². The molecule has 1 amide bonds. The molecule has 3 N–H and O–H groups in total. The van der Waals surface area contributed by atoms with Crippen LogP contribution in [0.5, 0.6) is 0 Å². The highest BCUT2D eigenvalue weighted by Gasteiger charge is 2.12. The largest absolute Gasteiger partial charge is 0.399 e. The van der Waals surface area contributed by atoms with Gasteiger partial charge in [0.05, 0.1) is 6.04 Å². The van der Waals surface area contributed by atoms with E-state index in [4.69, 9.17) is 5.73 Å². The zero-order chi connectivity index (χ0) is 14.7. The number of amides is 1. The minimum absolute atomic E-state index is 0.176. The number of nitrogens with one attached hydrogen (secondary N) is 1. The second-order valence-corrected chi connectivity index (χ2v) is 4.82. The van der Waals surface area contributed by atoms with E-state index in [1.54, 1.807) is 30.3 Å². The van der Waals surface area contributed by atoms with Crippen LogP contribution in [0, 0.1) is 12.7 Å². The second kappa shape index (κ2) is 5.74. The van der Waals surface area contributed by atoms with Crippen molar-refractivity contribution < 1.29 is 9.18 Å². The van der Waals surface area contributed by atoms with Crippen molar-refractivity contribution >= 4 is 11.6 Å². The summed E-state index contributed by atoms with van der Waals surface area (Å²) in [6.45, 7) is 3.71. The summed E-state index contributed by atoms with van der Waals surface area (Å²) in [6.07, 6.45) is 0. The summed E-state index contributed by atoms with van der Waals surface area (Å²) in [5.41, 5.74) is 8.67. The van der Waals surface area contributed by atoms with Gasteiger partial charge in [-0.1, -0.05) is 12.1 Å². The summed E-state index contributed by atoms with van der Waals surface area (Å²) in [5.74, 6) is -0.466. The number of anilines is 1. The van der Waals surface area contributed by atoms with Crippen LogP contribution in [0.25, 0.3) is 0 Å². The van der Waals surface area contributed by atoms with Gasteiger partial charge in [0.2, 0.25) is 0 Å². The lowest BCUT2D eigenvalue weighted by atomic mass is 10.1. The smallest absolute Gasteiger partial charge is 0.251 e. The Labute approximate surface area is 117 Å². The van der Waals surface area contributed by atoms with Crippen LogP contribution in [0.3, 0.4) is 0 Å². The van der Waals surface area contributed by atoms with Crippen LogP contribution < -0.4 is 11.1 Å². The summed E-state index contributed by atoms with van der Waals surface area (Å²) in [7, 11) is 0. The quantitative estimate of drug-likeness (QED) is 0.843. The fourth-order valence-electron chi connectivity index (χ4n) is 1.93. The molecule has 0 aromatic heterocycles. The van der Waals surface area contributed by atoms with E-state index in [0.717, 1.165) is 11.1 Å². The van der Waals surface area contributed by atoms with E-state index in [9.17, 15) is 9.18 Å². The lowest BCUT2D eigenvalue weighted by Gasteiger charge is -2.15. The molecule has 0 aliphatic carbocycles. The molecule has 2 aromatic carbocycles. The highest BCUT2D eigenvalue weighted by Crippen LogP contribution is 2.16. The van der Waals surface area contributed by atoms with Gasteiger partial charge >= 0.3 is 0 Å². The molecule has 0 aliphatic rings. The van der Waals surface area contributed by atoms with Gasteiger partial charge in [-0.3, -0.25) is 4.79 Å². The van der Waals surface area contributed by atoms with Crippen LogP contribution in [0.4, 0.5) is 10.1 Å². The molecule has 3 nitrogen and oxygen atoms in total. The molecule has 4 heteroatoms. The monoisotopic (exact) mass is 272 g/mol. The first kappa shape index (κ1) is 14.1. The van der Waals surface area contributed by atoms with E-state index < -0.39 is 0 Å². The average molecular weight is 272 g/mol. The first-order chi connectivity index (χ1) is 9.47. The van der Waals surface area contributed by atoms with Gasteiger partial charge in [0.25, 0.3) is 5.91 Å². The summed E-state index contributed by atoms with van der Waals surface area (Å²) in [6, 6.07) is 11.0. The molecule has 0 radical (unpaired) electrons. The Morgan fingerprint density at radius 1 is 1.20 bits per heavy atom. The number of aryl methyl sites for hydroxylation is 1. The molecular weight excluding hydrogens is 255 g/mol. The Kier molecular flexibility index (Phi) is 4.03. The van der Waals surface area contributed by atoms with Crippen LogP contribution in [0.2, 0.25) is 0 Å². The summed E-state index contributed by atoms with van der Waals surface area (Å²) in [4.78, 5) is 12.1. The average Bonchev–Trinajstić information content (AvgIpc) is 2.42. The Balaban J connectivity index is 2.10. The van der Waals surface area contributed by atoms with E-state index in [2.05, 4.69) is 5.32 Å². The Morgan fingerprint density at radius 3 is 2.45 bits per heavy atom. The van der Waals surface area contributed by atoms with Gasteiger partial charge in [-0.05, 0) is 55.3 Å². The molecular formula is C16H17FN2O. The van der Waals surface area contributed by atoms with Crippen LogP contribution in [-0.2, 0) is 0 Å². The minimum Gasteiger partial charge on any atom is -0.399 e. The van der Waals surface area contributed by atoms with Crippen molar-refractivity contribution in [1.29, 1.82) is 0 Å². The molecule has 2 aromatic rings. The van der Waals surface area contributed by atoms with Gasteiger partial charge in [-0.25, -0.2) is 4.39 Å². The fraction of sp³-hybridized carbons (Fsp3) is 0.188. The van der Waals surface area contributed by atoms with Crippen LogP contribution in [0.1, 0.15) is 34.5 Å². The maximum absolute atomic E-state index is 12.9. The summed E-state index contributed by atoms with van der Waals surface area (Å²) < 4.78 is 12.9. The van der Waals surface area contributed by atoms with Crippen molar-refractivity contribution in [2.24, 2.45) is 0 Å². The Bertz CT molecular complexity index is 623. The third-order valence-electron chi connectivity index (χ3n) is 3.25. The standard InChI is InChI=1S/C16H17FN2O/c1-10-9-13(5-8-15(10)18)16(20)19-11(2)12-3-6-14(17)7-4-12/h3-9,11H,18H2,1-2H3,(H,19,20)/t11-/m0/s1. The first-order valence-electron chi connectivity index (χ1n) is 6.40. The number of rotatable bonds is 3. The van der Waals surface area contributed by atoms with Crippen LogP contribution in [-0.4, -0.2) is 5.91 Å². The number of carbonyl (C=O) groups excluding carboxylic acids is 1. The highest BCUT2D eigenvalue weighted by atomic mass is 19.1. The third kappa shape index (κ3) is 3.15. The van der Waals surface area contributed by atoms with Crippen molar-refractivity contribution in [2.45, 2.75) is 19.9 Å². The molecule has 0 saturated heterocycles.